The summed E-state index contributed by atoms with van der Waals surface area (Å²) in [7, 11) is 0. The smallest absolute Gasteiger partial charge is 0.308 e. The van der Waals surface area contributed by atoms with Gasteiger partial charge < -0.3 is 10.1 Å². The number of benzene rings is 1. The van der Waals surface area contributed by atoms with Crippen LogP contribution in [0.1, 0.15) is 32.6 Å². The summed E-state index contributed by atoms with van der Waals surface area (Å²) >= 11 is 3.05. The Hall–Kier alpha value is -1.17. The van der Waals surface area contributed by atoms with Crippen molar-refractivity contribution in [3.05, 3.63) is 28.2 Å². The molecule has 1 saturated carbocycles. The highest BCUT2D eigenvalue weighted by Crippen LogP contribution is 2.30. The third-order valence-corrected chi connectivity index (χ3v) is 4.11. The monoisotopic (exact) mass is 361 g/mol. The van der Waals surface area contributed by atoms with Gasteiger partial charge in [-0.1, -0.05) is 22.4 Å². The lowest BCUT2D eigenvalue weighted by Gasteiger charge is -2.29. The highest BCUT2D eigenvalue weighted by molar-refractivity contribution is 9.10. The predicted octanol–water partition coefficient (Wildman–Crippen LogP) is 4.26. The molecule has 2 atom stereocenters. The van der Waals surface area contributed by atoms with Crippen LogP contribution in [0.5, 0.6) is 0 Å². The third kappa shape index (κ3) is 4.15. The topological polar surface area (TPSA) is 38.3 Å². The van der Waals surface area contributed by atoms with Gasteiger partial charge in [-0.2, -0.15) is 0 Å². The van der Waals surface area contributed by atoms with E-state index in [9.17, 15) is 13.6 Å². The molecule has 1 aromatic carbocycles. The number of carbonyl (C=O) groups is 1. The van der Waals surface area contributed by atoms with Crippen LogP contribution in [-0.4, -0.2) is 18.6 Å². The van der Waals surface area contributed by atoms with Gasteiger partial charge in [0.05, 0.1) is 12.5 Å². The zero-order chi connectivity index (χ0) is 15.4. The van der Waals surface area contributed by atoms with Gasteiger partial charge >= 0.3 is 5.97 Å². The molecular weight excluding hydrogens is 344 g/mol. The van der Waals surface area contributed by atoms with Crippen LogP contribution in [0.4, 0.5) is 14.5 Å². The number of hydrogen-bond acceptors (Lipinski definition) is 3. The molecule has 1 aliphatic rings. The van der Waals surface area contributed by atoms with E-state index in [0.29, 0.717) is 17.5 Å². The highest BCUT2D eigenvalue weighted by Gasteiger charge is 2.29. The third-order valence-electron chi connectivity index (χ3n) is 3.65. The fourth-order valence-corrected chi connectivity index (χ4v) is 3.08. The minimum atomic E-state index is -0.639. The number of esters is 1. The number of anilines is 1. The first-order chi connectivity index (χ1) is 10.0. The second-order valence-corrected chi connectivity index (χ2v) is 6.12. The molecule has 0 spiro atoms. The summed E-state index contributed by atoms with van der Waals surface area (Å²) in [5, 5.41) is 2.89. The maximum absolute atomic E-state index is 13.8. The van der Waals surface area contributed by atoms with Crippen molar-refractivity contribution in [3.63, 3.8) is 0 Å². The van der Waals surface area contributed by atoms with E-state index in [1.54, 1.807) is 6.92 Å². The Kier molecular flexibility index (Phi) is 5.56. The summed E-state index contributed by atoms with van der Waals surface area (Å²) in [6, 6.07) is 2.31. The summed E-state index contributed by atoms with van der Waals surface area (Å²) < 4.78 is 33.0. The van der Waals surface area contributed by atoms with E-state index in [1.165, 1.54) is 12.1 Å². The molecule has 0 bridgehead atoms. The van der Waals surface area contributed by atoms with E-state index in [1.807, 2.05) is 0 Å². The van der Waals surface area contributed by atoms with Crippen molar-refractivity contribution in [2.45, 2.75) is 38.6 Å². The number of hydrogen-bond donors (Lipinski definition) is 1. The van der Waals surface area contributed by atoms with Gasteiger partial charge in [-0.25, -0.2) is 8.78 Å². The van der Waals surface area contributed by atoms with Crippen LogP contribution in [0.3, 0.4) is 0 Å². The summed E-state index contributed by atoms with van der Waals surface area (Å²) in [4.78, 5) is 11.8. The Morgan fingerprint density at radius 2 is 2.05 bits per heavy atom. The molecule has 0 aliphatic heterocycles. The Bertz CT molecular complexity index is 501. The zero-order valence-electron chi connectivity index (χ0n) is 11.8. The number of halogens is 3. The van der Waals surface area contributed by atoms with Gasteiger partial charge in [-0.3, -0.25) is 4.79 Å². The fourth-order valence-electron chi connectivity index (χ4n) is 2.68. The first-order valence-corrected chi connectivity index (χ1v) is 7.88. The van der Waals surface area contributed by atoms with E-state index in [2.05, 4.69) is 21.2 Å². The zero-order valence-corrected chi connectivity index (χ0v) is 13.4. The molecule has 1 aliphatic carbocycles. The van der Waals surface area contributed by atoms with E-state index in [0.717, 1.165) is 19.3 Å². The van der Waals surface area contributed by atoms with Crippen molar-refractivity contribution in [2.75, 3.05) is 11.9 Å². The van der Waals surface area contributed by atoms with Crippen molar-refractivity contribution in [1.82, 2.24) is 0 Å². The van der Waals surface area contributed by atoms with Gasteiger partial charge in [-0.15, -0.1) is 0 Å². The molecule has 0 saturated heterocycles. The minimum absolute atomic E-state index is 0.127. The molecule has 3 nitrogen and oxygen atoms in total. The van der Waals surface area contributed by atoms with Gasteiger partial charge in [0.15, 0.2) is 0 Å². The second kappa shape index (κ2) is 7.20. The van der Waals surface area contributed by atoms with Crippen LogP contribution in [-0.2, 0) is 9.53 Å². The van der Waals surface area contributed by atoms with Crippen molar-refractivity contribution in [3.8, 4) is 0 Å². The van der Waals surface area contributed by atoms with Crippen LogP contribution < -0.4 is 5.32 Å². The fraction of sp³-hybridized carbons (Fsp3) is 0.533. The molecule has 2 rings (SSSR count). The highest BCUT2D eigenvalue weighted by atomic mass is 79.9. The van der Waals surface area contributed by atoms with Crippen LogP contribution in [0, 0.1) is 17.6 Å². The summed E-state index contributed by atoms with van der Waals surface area (Å²) in [5.41, 5.74) is -0.132. The first kappa shape index (κ1) is 16.2. The Labute approximate surface area is 131 Å². The lowest BCUT2D eigenvalue weighted by Crippen LogP contribution is -2.32. The second-order valence-electron chi connectivity index (χ2n) is 5.20. The molecule has 6 heteroatoms. The maximum Gasteiger partial charge on any atom is 0.308 e. The van der Waals surface area contributed by atoms with Crippen molar-refractivity contribution >= 4 is 27.6 Å². The number of carbonyl (C=O) groups excluding carboxylic acids is 1. The van der Waals surface area contributed by atoms with E-state index in [-0.39, 0.29) is 23.6 Å². The molecular formula is C15H18BrF2NO2. The summed E-state index contributed by atoms with van der Waals surface area (Å²) in [6.07, 6.45) is 2.92. The van der Waals surface area contributed by atoms with Gasteiger partial charge in [0.2, 0.25) is 0 Å². The average Bonchev–Trinajstić information content (AvgIpc) is 2.43. The largest absolute Gasteiger partial charge is 0.466 e. The number of ether oxygens (including phenoxy) is 1. The molecule has 0 amide bonds. The van der Waals surface area contributed by atoms with Crippen molar-refractivity contribution < 1.29 is 18.3 Å². The van der Waals surface area contributed by atoms with E-state index >= 15 is 0 Å². The first-order valence-electron chi connectivity index (χ1n) is 7.09. The summed E-state index contributed by atoms with van der Waals surface area (Å²) in [6.45, 7) is 2.12. The van der Waals surface area contributed by atoms with Crippen molar-refractivity contribution in [2.24, 2.45) is 5.92 Å². The molecule has 21 heavy (non-hydrogen) atoms. The molecule has 1 fully saturated rings. The van der Waals surface area contributed by atoms with Crippen LogP contribution in [0.15, 0.2) is 16.6 Å². The minimum Gasteiger partial charge on any atom is -0.466 e. The quantitative estimate of drug-likeness (QED) is 0.814. The van der Waals surface area contributed by atoms with Crippen LogP contribution >= 0.6 is 15.9 Å². The average molecular weight is 362 g/mol. The molecule has 2 unspecified atom stereocenters. The van der Waals surface area contributed by atoms with Crippen LogP contribution in [0.2, 0.25) is 0 Å². The normalized spacial score (nSPS) is 21.9. The Morgan fingerprint density at radius 3 is 2.67 bits per heavy atom. The Morgan fingerprint density at radius 1 is 1.38 bits per heavy atom. The predicted molar refractivity (Wildman–Crippen MR) is 80.1 cm³/mol. The molecule has 0 radical (unpaired) electrons. The Balaban J connectivity index is 2.04. The van der Waals surface area contributed by atoms with Gasteiger partial charge in [0, 0.05) is 10.5 Å². The van der Waals surface area contributed by atoms with Crippen molar-refractivity contribution in [1.29, 1.82) is 0 Å². The lowest BCUT2D eigenvalue weighted by molar-refractivity contribution is -0.149. The van der Waals surface area contributed by atoms with E-state index < -0.39 is 11.6 Å². The molecule has 1 aromatic rings. The number of rotatable bonds is 4. The molecule has 0 heterocycles. The molecule has 0 aromatic heterocycles. The lowest BCUT2D eigenvalue weighted by atomic mass is 9.85. The molecule has 116 valence electrons. The maximum atomic E-state index is 13.8. The van der Waals surface area contributed by atoms with Gasteiger partial charge in [0.1, 0.15) is 17.3 Å². The van der Waals surface area contributed by atoms with Gasteiger partial charge in [0.25, 0.3) is 0 Å². The molecule has 1 N–H and O–H groups in total. The van der Waals surface area contributed by atoms with Crippen LogP contribution in [0.25, 0.3) is 0 Å². The SMILES string of the molecule is CCOC(=O)C1CCCC(Nc2c(F)cc(Br)cc2F)C1. The standard InChI is InChI=1S/C15H18BrF2NO2/c1-2-21-15(20)9-4-3-5-11(6-9)19-14-12(17)7-10(16)8-13(14)18/h7-9,11,19H,2-6H2,1H3. The number of nitrogens with one attached hydrogen (secondary N) is 1. The van der Waals surface area contributed by atoms with Gasteiger partial charge in [-0.05, 0) is 38.3 Å². The van der Waals surface area contributed by atoms with E-state index in [4.69, 9.17) is 4.74 Å². The summed E-state index contributed by atoms with van der Waals surface area (Å²) in [5.74, 6) is -1.70.